The molecule has 2 N–H and O–H groups in total. The van der Waals surface area contributed by atoms with Crippen molar-refractivity contribution < 1.29 is 14.4 Å². The Kier molecular flexibility index (Phi) is 7.28. The second kappa shape index (κ2) is 10.1. The first-order valence-electron chi connectivity index (χ1n) is 10.7. The van der Waals surface area contributed by atoms with E-state index in [4.69, 9.17) is 5.73 Å². The molecule has 164 valence electrons. The number of nitrogens with zero attached hydrogens (tertiary/aromatic N) is 3. The van der Waals surface area contributed by atoms with Crippen LogP contribution in [0.3, 0.4) is 0 Å². The number of carbonyl (C=O) groups is 3. The zero-order valence-electron chi connectivity index (χ0n) is 18.1. The molecule has 1 unspecified atom stereocenters. The van der Waals surface area contributed by atoms with Gasteiger partial charge >= 0.3 is 6.03 Å². The molecule has 1 aliphatic rings. The van der Waals surface area contributed by atoms with Crippen molar-refractivity contribution in [2.45, 2.75) is 45.2 Å². The van der Waals surface area contributed by atoms with Crippen LogP contribution < -0.4 is 15.5 Å². The summed E-state index contributed by atoms with van der Waals surface area (Å²) in [4.78, 5) is 43.5. The van der Waals surface area contributed by atoms with E-state index in [1.165, 1.54) is 4.90 Å². The van der Waals surface area contributed by atoms with Crippen LogP contribution in [0.4, 0.5) is 16.2 Å². The number of hydrogen-bond donors (Lipinski definition) is 1. The molecule has 0 aromatic heterocycles. The van der Waals surface area contributed by atoms with Crippen molar-refractivity contribution in [3.63, 3.8) is 0 Å². The van der Waals surface area contributed by atoms with E-state index in [0.29, 0.717) is 18.7 Å². The Balaban J connectivity index is 1.83. The third-order valence-corrected chi connectivity index (χ3v) is 5.48. The van der Waals surface area contributed by atoms with Gasteiger partial charge < -0.3 is 15.5 Å². The second-order valence-corrected chi connectivity index (χ2v) is 8.01. The number of carbonyl (C=O) groups excluding carboxylic acids is 3. The van der Waals surface area contributed by atoms with Gasteiger partial charge in [0.25, 0.3) is 0 Å². The molecule has 1 heterocycles. The van der Waals surface area contributed by atoms with Crippen LogP contribution in [0, 0.1) is 0 Å². The van der Waals surface area contributed by atoms with Crippen molar-refractivity contribution in [2.24, 2.45) is 5.73 Å². The van der Waals surface area contributed by atoms with Crippen LogP contribution in [0.15, 0.2) is 60.7 Å². The number of amides is 4. The molecule has 0 spiro atoms. The fourth-order valence-electron chi connectivity index (χ4n) is 4.09. The lowest BCUT2D eigenvalue weighted by molar-refractivity contribution is -0.135. The van der Waals surface area contributed by atoms with Crippen LogP contribution in [-0.2, 0) is 9.59 Å². The number of rotatable bonds is 6. The summed E-state index contributed by atoms with van der Waals surface area (Å²) in [5, 5.41) is 0. The normalized spacial score (nSPS) is 16.7. The molecular weight excluding hydrogens is 392 g/mol. The van der Waals surface area contributed by atoms with Crippen molar-refractivity contribution >= 4 is 29.2 Å². The van der Waals surface area contributed by atoms with Crippen LogP contribution in [0.1, 0.15) is 33.1 Å². The predicted octanol–water partition coefficient (Wildman–Crippen LogP) is 3.39. The van der Waals surface area contributed by atoms with Gasteiger partial charge in [0.1, 0.15) is 12.6 Å². The minimum Gasteiger partial charge on any atom is -0.351 e. The lowest BCUT2D eigenvalue weighted by atomic mass is 10.1. The zero-order chi connectivity index (χ0) is 22.4. The van der Waals surface area contributed by atoms with E-state index in [2.05, 4.69) is 0 Å². The molecule has 0 aliphatic carbocycles. The molecule has 7 nitrogen and oxygen atoms in total. The smallest absolute Gasteiger partial charge is 0.320 e. The molecule has 3 rings (SSSR count). The largest absolute Gasteiger partial charge is 0.351 e. The minimum absolute atomic E-state index is 0.0379. The van der Waals surface area contributed by atoms with Gasteiger partial charge in [-0.25, -0.2) is 4.79 Å². The van der Waals surface area contributed by atoms with Crippen LogP contribution in [0.2, 0.25) is 0 Å². The lowest BCUT2D eigenvalue weighted by Crippen LogP contribution is -2.54. The first-order valence-corrected chi connectivity index (χ1v) is 10.7. The van der Waals surface area contributed by atoms with E-state index in [9.17, 15) is 14.4 Å². The first-order chi connectivity index (χ1) is 14.9. The van der Waals surface area contributed by atoms with Crippen molar-refractivity contribution in [3.05, 3.63) is 60.7 Å². The third-order valence-electron chi connectivity index (χ3n) is 5.48. The lowest BCUT2D eigenvalue weighted by Gasteiger charge is -2.33. The summed E-state index contributed by atoms with van der Waals surface area (Å²) in [5.74, 6) is -0.397. The molecule has 0 radical (unpaired) electrons. The summed E-state index contributed by atoms with van der Waals surface area (Å²) < 4.78 is 0. The summed E-state index contributed by atoms with van der Waals surface area (Å²) in [6.07, 6.45) is 2.04. The molecule has 1 saturated heterocycles. The number of likely N-dealkylation sites (tertiary alicyclic amines) is 1. The molecule has 2 aromatic rings. The molecular formula is C24H30N4O3. The average Bonchev–Trinajstić information content (AvgIpc) is 2.91. The molecule has 7 heteroatoms. The molecule has 1 aliphatic heterocycles. The van der Waals surface area contributed by atoms with E-state index < -0.39 is 12.1 Å². The molecule has 1 atom stereocenters. The van der Waals surface area contributed by atoms with Gasteiger partial charge in [0.2, 0.25) is 11.8 Å². The molecule has 0 bridgehead atoms. The second-order valence-electron chi connectivity index (χ2n) is 8.01. The molecule has 31 heavy (non-hydrogen) atoms. The molecule has 4 amide bonds. The van der Waals surface area contributed by atoms with Crippen LogP contribution >= 0.6 is 0 Å². The Hall–Kier alpha value is -3.35. The fourth-order valence-corrected chi connectivity index (χ4v) is 4.09. The maximum absolute atomic E-state index is 13.4. The summed E-state index contributed by atoms with van der Waals surface area (Å²) in [6, 6.07) is 16.9. The van der Waals surface area contributed by atoms with Gasteiger partial charge in [0.15, 0.2) is 0 Å². The highest BCUT2D eigenvalue weighted by molar-refractivity contribution is 6.01. The van der Waals surface area contributed by atoms with E-state index in [1.807, 2.05) is 50.2 Å². The quantitative estimate of drug-likeness (QED) is 0.774. The summed E-state index contributed by atoms with van der Waals surface area (Å²) in [6.45, 7) is 4.33. The Bertz CT molecular complexity index is 902. The van der Waals surface area contributed by atoms with Crippen molar-refractivity contribution in [1.29, 1.82) is 0 Å². The number of nitrogens with two attached hydrogens (primary N) is 1. The fraction of sp³-hybridized carbons (Fsp3) is 0.375. The summed E-state index contributed by atoms with van der Waals surface area (Å²) in [5.41, 5.74) is 7.04. The van der Waals surface area contributed by atoms with E-state index in [1.54, 1.807) is 34.1 Å². The topological polar surface area (TPSA) is 86.9 Å². The number of urea groups is 1. The highest BCUT2D eigenvalue weighted by atomic mass is 16.2. The van der Waals surface area contributed by atoms with Crippen LogP contribution in [0.25, 0.3) is 0 Å². The molecule has 1 fully saturated rings. The monoisotopic (exact) mass is 422 g/mol. The standard InChI is InChI=1S/C24H30N4O3/c1-18(2)27(19-11-5-3-6-12-19)22(29)17-26-16-10-9-15-21(23(26)30)28(24(25)31)20-13-7-4-8-14-20/h3-8,11-14,18,21H,9-10,15-17H2,1-2H3,(H2,25,31). The van der Waals surface area contributed by atoms with Gasteiger partial charge in [-0.05, 0) is 57.4 Å². The van der Waals surface area contributed by atoms with E-state index in [-0.39, 0.29) is 24.4 Å². The Morgan fingerprint density at radius 1 is 1.00 bits per heavy atom. The molecule has 0 saturated carbocycles. The third kappa shape index (κ3) is 5.23. The van der Waals surface area contributed by atoms with Gasteiger partial charge in [-0.2, -0.15) is 0 Å². The van der Waals surface area contributed by atoms with Gasteiger partial charge in [0.05, 0.1) is 0 Å². The predicted molar refractivity (Wildman–Crippen MR) is 122 cm³/mol. The number of hydrogen-bond acceptors (Lipinski definition) is 3. The van der Waals surface area contributed by atoms with E-state index >= 15 is 0 Å². The summed E-state index contributed by atoms with van der Waals surface area (Å²) in [7, 11) is 0. The number of primary amides is 1. The van der Waals surface area contributed by atoms with Crippen LogP contribution in [0.5, 0.6) is 0 Å². The maximum Gasteiger partial charge on any atom is 0.320 e. The SMILES string of the molecule is CC(C)N(C(=O)CN1CCCCC(N(C(N)=O)c2ccccc2)C1=O)c1ccccc1. The molecule has 2 aromatic carbocycles. The van der Waals surface area contributed by atoms with Gasteiger partial charge in [-0.3, -0.25) is 14.5 Å². The highest BCUT2D eigenvalue weighted by Gasteiger charge is 2.36. The Morgan fingerprint density at radius 2 is 1.58 bits per heavy atom. The number of para-hydroxylation sites is 2. The highest BCUT2D eigenvalue weighted by Crippen LogP contribution is 2.24. The van der Waals surface area contributed by atoms with E-state index in [0.717, 1.165) is 18.5 Å². The Labute approximate surface area is 183 Å². The zero-order valence-corrected chi connectivity index (χ0v) is 18.1. The number of anilines is 2. The maximum atomic E-state index is 13.4. The number of benzene rings is 2. The summed E-state index contributed by atoms with van der Waals surface area (Å²) >= 11 is 0. The van der Waals surface area contributed by atoms with Crippen LogP contribution in [-0.4, -0.2) is 47.9 Å². The first kappa shape index (κ1) is 22.3. The van der Waals surface area contributed by atoms with Crippen molar-refractivity contribution in [1.82, 2.24) is 4.90 Å². The van der Waals surface area contributed by atoms with Crippen molar-refractivity contribution in [3.8, 4) is 0 Å². The van der Waals surface area contributed by atoms with Gasteiger partial charge in [-0.1, -0.05) is 36.4 Å². The minimum atomic E-state index is -0.723. The average molecular weight is 423 g/mol. The van der Waals surface area contributed by atoms with Gasteiger partial charge in [-0.15, -0.1) is 0 Å². The van der Waals surface area contributed by atoms with Gasteiger partial charge in [0, 0.05) is 24.0 Å². The Morgan fingerprint density at radius 3 is 2.13 bits per heavy atom. The van der Waals surface area contributed by atoms with Crippen molar-refractivity contribution in [2.75, 3.05) is 22.9 Å².